The third-order valence-corrected chi connectivity index (χ3v) is 3.41. The maximum Gasteiger partial charge on any atom is -0.0149 e. The highest BCUT2D eigenvalue weighted by Gasteiger charge is 2.37. The van der Waals surface area contributed by atoms with Crippen LogP contribution in [0.25, 0.3) is 0 Å². The van der Waals surface area contributed by atoms with Crippen LogP contribution >= 0.6 is 0 Å². The molecule has 0 aromatic rings. The van der Waals surface area contributed by atoms with Crippen molar-refractivity contribution in [1.29, 1.82) is 0 Å². The van der Waals surface area contributed by atoms with Gasteiger partial charge in [-0.1, -0.05) is 53.7 Å². The molecule has 1 aliphatic carbocycles. The molecule has 0 aromatic heterocycles. The Bertz CT molecular complexity index is 230. The zero-order chi connectivity index (χ0) is 11.9. The van der Waals surface area contributed by atoms with E-state index in [1.807, 2.05) is 0 Å². The van der Waals surface area contributed by atoms with Crippen molar-refractivity contribution in [3.63, 3.8) is 0 Å². The minimum atomic E-state index is 0.368. The van der Waals surface area contributed by atoms with E-state index >= 15 is 0 Å². The Morgan fingerprint density at radius 3 is 1.87 bits per heavy atom. The van der Waals surface area contributed by atoms with Crippen LogP contribution in [0.4, 0.5) is 0 Å². The monoisotopic (exact) mass is 208 g/mol. The molecule has 1 saturated carbocycles. The van der Waals surface area contributed by atoms with Gasteiger partial charge in [0.15, 0.2) is 0 Å². The fourth-order valence-corrected chi connectivity index (χ4v) is 2.34. The molecular weight excluding hydrogens is 180 g/mol. The first kappa shape index (κ1) is 12.8. The van der Waals surface area contributed by atoms with E-state index in [2.05, 4.69) is 48.1 Å². The molecule has 0 amide bonds. The standard InChI is InChI=1S/C15H28/c1-11(12-8-9-12)13(15(5,6)7)10-14(2,3)4/h12-13H,1,8-10H2,2-7H3. The summed E-state index contributed by atoms with van der Waals surface area (Å²) in [6.07, 6.45) is 4.04. The smallest absolute Gasteiger partial charge is 0.0149 e. The van der Waals surface area contributed by atoms with Gasteiger partial charge in [-0.2, -0.15) is 0 Å². The number of hydrogen-bond acceptors (Lipinski definition) is 0. The lowest BCUT2D eigenvalue weighted by Crippen LogP contribution is -2.27. The summed E-state index contributed by atoms with van der Waals surface area (Å²) in [6, 6.07) is 0. The second kappa shape index (κ2) is 3.96. The van der Waals surface area contributed by atoms with Crippen molar-refractivity contribution < 1.29 is 0 Å². The van der Waals surface area contributed by atoms with Gasteiger partial charge in [0.25, 0.3) is 0 Å². The highest BCUT2D eigenvalue weighted by atomic mass is 14.4. The van der Waals surface area contributed by atoms with Crippen molar-refractivity contribution >= 4 is 0 Å². The van der Waals surface area contributed by atoms with Crippen molar-refractivity contribution in [3.8, 4) is 0 Å². The molecule has 0 nitrogen and oxygen atoms in total. The van der Waals surface area contributed by atoms with E-state index in [1.54, 1.807) is 0 Å². The van der Waals surface area contributed by atoms with Gasteiger partial charge in [-0.25, -0.2) is 0 Å². The lowest BCUT2D eigenvalue weighted by molar-refractivity contribution is 0.191. The highest BCUT2D eigenvalue weighted by Crippen LogP contribution is 2.48. The first-order valence-electron chi connectivity index (χ1n) is 6.30. The van der Waals surface area contributed by atoms with Crippen LogP contribution in [0.3, 0.4) is 0 Å². The molecule has 0 heterocycles. The Morgan fingerprint density at radius 2 is 1.60 bits per heavy atom. The van der Waals surface area contributed by atoms with Crippen LogP contribution in [0.15, 0.2) is 12.2 Å². The van der Waals surface area contributed by atoms with E-state index in [1.165, 1.54) is 24.8 Å². The van der Waals surface area contributed by atoms with Crippen molar-refractivity contribution in [3.05, 3.63) is 12.2 Å². The number of allylic oxidation sites excluding steroid dienone is 1. The summed E-state index contributed by atoms with van der Waals surface area (Å²) < 4.78 is 0. The van der Waals surface area contributed by atoms with E-state index in [4.69, 9.17) is 0 Å². The van der Waals surface area contributed by atoms with E-state index in [-0.39, 0.29) is 0 Å². The molecule has 0 saturated heterocycles. The maximum absolute atomic E-state index is 4.37. The first-order chi connectivity index (χ1) is 6.61. The Hall–Kier alpha value is -0.260. The Balaban J connectivity index is 2.73. The zero-order valence-electron chi connectivity index (χ0n) is 11.5. The fraction of sp³-hybridized carbons (Fsp3) is 0.867. The molecule has 1 aliphatic rings. The minimum Gasteiger partial charge on any atom is -0.0993 e. The molecule has 15 heavy (non-hydrogen) atoms. The Kier molecular flexibility index (Phi) is 3.38. The lowest BCUT2D eigenvalue weighted by Gasteiger charge is -2.37. The van der Waals surface area contributed by atoms with Gasteiger partial charge in [0, 0.05) is 0 Å². The molecule has 0 bridgehead atoms. The number of hydrogen-bond donors (Lipinski definition) is 0. The summed E-state index contributed by atoms with van der Waals surface area (Å²) >= 11 is 0. The molecule has 1 atom stereocenters. The molecule has 0 spiro atoms. The van der Waals surface area contributed by atoms with Gasteiger partial charge in [0.1, 0.15) is 0 Å². The summed E-state index contributed by atoms with van der Waals surface area (Å²) in [7, 11) is 0. The normalized spacial score (nSPS) is 20.1. The average molecular weight is 208 g/mol. The average Bonchev–Trinajstić information content (AvgIpc) is 2.76. The molecule has 1 fully saturated rings. The van der Waals surface area contributed by atoms with Crippen LogP contribution in [0.2, 0.25) is 0 Å². The molecule has 0 N–H and O–H groups in total. The van der Waals surface area contributed by atoms with Crippen molar-refractivity contribution in [2.24, 2.45) is 22.7 Å². The first-order valence-corrected chi connectivity index (χ1v) is 6.30. The van der Waals surface area contributed by atoms with Crippen LogP contribution in [-0.2, 0) is 0 Å². The van der Waals surface area contributed by atoms with E-state index in [0.29, 0.717) is 16.7 Å². The zero-order valence-corrected chi connectivity index (χ0v) is 11.5. The van der Waals surface area contributed by atoms with E-state index in [0.717, 1.165) is 5.92 Å². The van der Waals surface area contributed by atoms with Gasteiger partial charge in [0.05, 0.1) is 0 Å². The van der Waals surface area contributed by atoms with Crippen LogP contribution < -0.4 is 0 Å². The van der Waals surface area contributed by atoms with Gasteiger partial charge in [-0.15, -0.1) is 0 Å². The van der Waals surface area contributed by atoms with E-state index in [9.17, 15) is 0 Å². The second-order valence-corrected chi connectivity index (χ2v) is 7.53. The molecule has 0 radical (unpaired) electrons. The Morgan fingerprint density at radius 1 is 1.13 bits per heavy atom. The SMILES string of the molecule is C=C(C1CC1)C(CC(C)(C)C)C(C)(C)C. The van der Waals surface area contributed by atoms with Crippen molar-refractivity contribution in [2.75, 3.05) is 0 Å². The molecule has 0 aromatic carbocycles. The third kappa shape index (κ3) is 4.01. The summed E-state index contributed by atoms with van der Waals surface area (Å²) in [5, 5.41) is 0. The number of rotatable bonds is 3. The molecule has 0 heteroatoms. The second-order valence-electron chi connectivity index (χ2n) is 7.53. The molecule has 1 unspecified atom stereocenters. The summed E-state index contributed by atoms with van der Waals surface area (Å²) in [5.41, 5.74) is 2.31. The topological polar surface area (TPSA) is 0 Å². The third-order valence-electron chi connectivity index (χ3n) is 3.41. The van der Waals surface area contributed by atoms with Gasteiger partial charge < -0.3 is 0 Å². The quantitative estimate of drug-likeness (QED) is 0.569. The molecule has 1 rings (SSSR count). The summed E-state index contributed by atoms with van der Waals surface area (Å²) in [4.78, 5) is 0. The molecular formula is C15H28. The van der Waals surface area contributed by atoms with E-state index < -0.39 is 0 Å². The van der Waals surface area contributed by atoms with Gasteiger partial charge >= 0.3 is 0 Å². The van der Waals surface area contributed by atoms with Crippen molar-refractivity contribution in [1.82, 2.24) is 0 Å². The largest absolute Gasteiger partial charge is 0.0993 e. The maximum atomic E-state index is 4.37. The predicted octanol–water partition coefficient (Wildman–Crippen LogP) is 5.05. The Labute approximate surface area is 96.2 Å². The highest BCUT2D eigenvalue weighted by molar-refractivity contribution is 5.14. The van der Waals surface area contributed by atoms with Gasteiger partial charge in [-0.3, -0.25) is 0 Å². The summed E-state index contributed by atoms with van der Waals surface area (Å²) in [5.74, 6) is 1.53. The molecule has 0 aliphatic heterocycles. The molecule has 88 valence electrons. The fourth-order valence-electron chi connectivity index (χ4n) is 2.34. The van der Waals surface area contributed by atoms with Gasteiger partial charge in [-0.05, 0) is 41.9 Å². The summed E-state index contributed by atoms with van der Waals surface area (Å²) in [6.45, 7) is 18.5. The van der Waals surface area contributed by atoms with Crippen LogP contribution in [-0.4, -0.2) is 0 Å². The van der Waals surface area contributed by atoms with Crippen LogP contribution in [0.1, 0.15) is 60.8 Å². The van der Waals surface area contributed by atoms with Crippen LogP contribution in [0, 0.1) is 22.7 Å². The predicted molar refractivity (Wildman–Crippen MR) is 68.9 cm³/mol. The van der Waals surface area contributed by atoms with Crippen molar-refractivity contribution in [2.45, 2.75) is 60.8 Å². The van der Waals surface area contributed by atoms with Gasteiger partial charge in [0.2, 0.25) is 0 Å². The lowest BCUT2D eigenvalue weighted by atomic mass is 9.68. The minimum absolute atomic E-state index is 0.368. The van der Waals surface area contributed by atoms with Crippen LogP contribution in [0.5, 0.6) is 0 Å².